The zero-order chi connectivity index (χ0) is 11.7. The predicted molar refractivity (Wildman–Crippen MR) is 64.0 cm³/mol. The Labute approximate surface area is 96.5 Å². The Morgan fingerprint density at radius 3 is 2.44 bits per heavy atom. The van der Waals surface area contributed by atoms with Crippen LogP contribution in [0, 0.1) is 5.92 Å². The van der Waals surface area contributed by atoms with Gasteiger partial charge in [0.2, 0.25) is 0 Å². The second-order valence-corrected chi connectivity index (χ2v) is 4.48. The van der Waals surface area contributed by atoms with Crippen LogP contribution in [0.5, 0.6) is 11.5 Å². The lowest BCUT2D eigenvalue weighted by Crippen LogP contribution is -2.17. The zero-order valence-electron chi connectivity index (χ0n) is 10.1. The fourth-order valence-electron chi connectivity index (χ4n) is 2.26. The minimum atomic E-state index is 0.276. The summed E-state index contributed by atoms with van der Waals surface area (Å²) < 4.78 is 10.5. The van der Waals surface area contributed by atoms with Crippen molar-refractivity contribution in [3.8, 4) is 11.5 Å². The predicted octanol–water partition coefficient (Wildman–Crippen LogP) is 2.15. The number of methoxy groups -OCH3 is 2. The van der Waals surface area contributed by atoms with Gasteiger partial charge in [-0.05, 0) is 42.9 Å². The topological polar surface area (TPSA) is 44.5 Å². The van der Waals surface area contributed by atoms with Gasteiger partial charge in [-0.15, -0.1) is 0 Å². The third-order valence-corrected chi connectivity index (χ3v) is 3.35. The number of benzene rings is 1. The highest BCUT2D eigenvalue weighted by Gasteiger charge is 2.40. The highest BCUT2D eigenvalue weighted by Crippen LogP contribution is 2.50. The first-order valence-corrected chi connectivity index (χ1v) is 5.65. The molecule has 3 heteroatoms. The highest BCUT2D eigenvalue weighted by molar-refractivity contribution is 5.45. The molecule has 16 heavy (non-hydrogen) atoms. The van der Waals surface area contributed by atoms with Crippen LogP contribution in [0.1, 0.15) is 24.8 Å². The van der Waals surface area contributed by atoms with E-state index in [-0.39, 0.29) is 6.04 Å². The normalized spacial score (nSPS) is 25.0. The van der Waals surface area contributed by atoms with Gasteiger partial charge in [0.25, 0.3) is 0 Å². The summed E-state index contributed by atoms with van der Waals surface area (Å²) in [6, 6.07) is 6.41. The van der Waals surface area contributed by atoms with Gasteiger partial charge in [0.15, 0.2) is 11.5 Å². The van der Waals surface area contributed by atoms with E-state index in [1.54, 1.807) is 14.2 Å². The number of hydrogen-bond acceptors (Lipinski definition) is 3. The zero-order valence-corrected chi connectivity index (χ0v) is 10.1. The Balaban J connectivity index is 2.18. The summed E-state index contributed by atoms with van der Waals surface area (Å²) in [6.07, 6.45) is 1.19. The first-order chi connectivity index (χ1) is 7.67. The van der Waals surface area contributed by atoms with E-state index in [1.165, 1.54) is 12.0 Å². The van der Waals surface area contributed by atoms with Crippen molar-refractivity contribution in [2.45, 2.75) is 25.3 Å². The van der Waals surface area contributed by atoms with Crippen molar-refractivity contribution >= 4 is 0 Å². The van der Waals surface area contributed by atoms with Gasteiger partial charge in [-0.3, -0.25) is 0 Å². The Bertz CT molecular complexity index is 376. The molecule has 0 aromatic heterocycles. The molecule has 1 saturated carbocycles. The number of ether oxygens (including phenoxy) is 2. The van der Waals surface area contributed by atoms with Gasteiger partial charge in [0.1, 0.15) is 0 Å². The molecule has 0 saturated heterocycles. The smallest absolute Gasteiger partial charge is 0.160 e. The van der Waals surface area contributed by atoms with Crippen molar-refractivity contribution in [3.63, 3.8) is 0 Å². The molecule has 3 nitrogen and oxygen atoms in total. The molecule has 0 bridgehead atoms. The van der Waals surface area contributed by atoms with Crippen LogP contribution in [0.4, 0.5) is 0 Å². The average molecular weight is 221 g/mol. The Hall–Kier alpha value is -1.22. The maximum Gasteiger partial charge on any atom is 0.160 e. The van der Waals surface area contributed by atoms with Gasteiger partial charge in [-0.1, -0.05) is 6.07 Å². The molecule has 1 aliphatic rings. The third kappa shape index (κ3) is 2.00. The lowest BCUT2D eigenvalue weighted by Gasteiger charge is -2.10. The van der Waals surface area contributed by atoms with E-state index >= 15 is 0 Å². The number of nitrogens with two attached hydrogens (primary N) is 1. The van der Waals surface area contributed by atoms with Crippen LogP contribution >= 0.6 is 0 Å². The SMILES string of the molecule is COc1ccc([C@H]2C[C@H]2[C@@H](C)N)cc1OC. The van der Waals surface area contributed by atoms with Gasteiger partial charge < -0.3 is 15.2 Å². The molecule has 1 aromatic rings. The summed E-state index contributed by atoms with van der Waals surface area (Å²) in [5.41, 5.74) is 7.20. The molecule has 2 rings (SSSR count). The summed E-state index contributed by atoms with van der Waals surface area (Å²) in [7, 11) is 3.32. The second-order valence-electron chi connectivity index (χ2n) is 4.48. The average Bonchev–Trinajstić information content (AvgIpc) is 3.08. The lowest BCUT2D eigenvalue weighted by atomic mass is 10.1. The molecule has 1 aliphatic carbocycles. The van der Waals surface area contributed by atoms with E-state index in [4.69, 9.17) is 15.2 Å². The van der Waals surface area contributed by atoms with Crippen LogP contribution in [0.25, 0.3) is 0 Å². The standard InChI is InChI=1S/C13H19NO2/c1-8(14)10-7-11(10)9-4-5-12(15-2)13(6-9)16-3/h4-6,8,10-11H,7,14H2,1-3H3/t8-,10+,11-/m1/s1. The highest BCUT2D eigenvalue weighted by atomic mass is 16.5. The fourth-order valence-corrected chi connectivity index (χ4v) is 2.26. The van der Waals surface area contributed by atoms with Crippen molar-refractivity contribution in [1.82, 2.24) is 0 Å². The Morgan fingerprint density at radius 2 is 1.94 bits per heavy atom. The van der Waals surface area contributed by atoms with E-state index in [0.29, 0.717) is 11.8 Å². The van der Waals surface area contributed by atoms with E-state index in [2.05, 4.69) is 19.1 Å². The minimum absolute atomic E-state index is 0.276. The van der Waals surface area contributed by atoms with Crippen molar-refractivity contribution in [2.75, 3.05) is 14.2 Å². The summed E-state index contributed by atoms with van der Waals surface area (Å²) in [6.45, 7) is 2.07. The minimum Gasteiger partial charge on any atom is -0.493 e. The Morgan fingerprint density at radius 1 is 1.25 bits per heavy atom. The Kier molecular flexibility index (Phi) is 3.06. The molecule has 0 aliphatic heterocycles. The van der Waals surface area contributed by atoms with Crippen LogP contribution < -0.4 is 15.2 Å². The molecule has 1 fully saturated rings. The molecule has 0 amide bonds. The van der Waals surface area contributed by atoms with Gasteiger partial charge in [0, 0.05) is 6.04 Å². The van der Waals surface area contributed by atoms with Gasteiger partial charge in [-0.2, -0.15) is 0 Å². The molecule has 1 aromatic carbocycles. The monoisotopic (exact) mass is 221 g/mol. The molecular formula is C13H19NO2. The van der Waals surface area contributed by atoms with Crippen molar-refractivity contribution in [1.29, 1.82) is 0 Å². The molecule has 0 unspecified atom stereocenters. The van der Waals surface area contributed by atoms with Crippen LogP contribution in [0.2, 0.25) is 0 Å². The van der Waals surface area contributed by atoms with E-state index in [0.717, 1.165) is 11.5 Å². The second kappa shape index (κ2) is 4.34. The van der Waals surface area contributed by atoms with Crippen LogP contribution in [0.3, 0.4) is 0 Å². The largest absolute Gasteiger partial charge is 0.493 e. The van der Waals surface area contributed by atoms with Crippen LogP contribution in [-0.4, -0.2) is 20.3 Å². The molecule has 0 heterocycles. The third-order valence-electron chi connectivity index (χ3n) is 3.35. The summed E-state index contributed by atoms with van der Waals surface area (Å²) in [5, 5.41) is 0. The van der Waals surface area contributed by atoms with Gasteiger partial charge in [-0.25, -0.2) is 0 Å². The molecule has 3 atom stereocenters. The molecule has 88 valence electrons. The first kappa shape index (κ1) is 11.3. The summed E-state index contributed by atoms with van der Waals surface area (Å²) in [4.78, 5) is 0. The van der Waals surface area contributed by atoms with Crippen molar-refractivity contribution in [2.24, 2.45) is 11.7 Å². The van der Waals surface area contributed by atoms with Crippen molar-refractivity contribution < 1.29 is 9.47 Å². The van der Waals surface area contributed by atoms with Crippen LogP contribution in [-0.2, 0) is 0 Å². The lowest BCUT2D eigenvalue weighted by molar-refractivity contribution is 0.354. The molecule has 0 radical (unpaired) electrons. The number of hydrogen-bond donors (Lipinski definition) is 1. The fraction of sp³-hybridized carbons (Fsp3) is 0.538. The van der Waals surface area contributed by atoms with Gasteiger partial charge in [0.05, 0.1) is 14.2 Å². The van der Waals surface area contributed by atoms with Crippen molar-refractivity contribution in [3.05, 3.63) is 23.8 Å². The summed E-state index contributed by atoms with van der Waals surface area (Å²) >= 11 is 0. The van der Waals surface area contributed by atoms with Crippen LogP contribution in [0.15, 0.2) is 18.2 Å². The van der Waals surface area contributed by atoms with Gasteiger partial charge >= 0.3 is 0 Å². The molecular weight excluding hydrogens is 202 g/mol. The van der Waals surface area contributed by atoms with E-state index in [1.807, 2.05) is 6.07 Å². The quantitative estimate of drug-likeness (QED) is 0.847. The molecule has 0 spiro atoms. The maximum atomic E-state index is 5.90. The van der Waals surface area contributed by atoms with E-state index in [9.17, 15) is 0 Å². The first-order valence-electron chi connectivity index (χ1n) is 5.65. The maximum absolute atomic E-state index is 5.90. The summed E-state index contributed by atoms with van der Waals surface area (Å²) in [5.74, 6) is 2.80. The van der Waals surface area contributed by atoms with E-state index < -0.39 is 0 Å². The molecule has 2 N–H and O–H groups in total. The number of rotatable bonds is 4.